The Morgan fingerprint density at radius 2 is 1.59 bits per heavy atom. The number of benzene rings is 2. The van der Waals surface area contributed by atoms with E-state index in [1.165, 1.54) is 18.2 Å². The van der Waals surface area contributed by atoms with Gasteiger partial charge in [-0.25, -0.2) is 0 Å². The third-order valence-electron chi connectivity index (χ3n) is 4.87. The van der Waals surface area contributed by atoms with E-state index in [1.54, 1.807) is 6.20 Å². The van der Waals surface area contributed by atoms with E-state index in [0.29, 0.717) is 10.9 Å². The molecule has 1 atom stereocenters. The van der Waals surface area contributed by atoms with Crippen LogP contribution in [0.15, 0.2) is 36.5 Å². The van der Waals surface area contributed by atoms with Gasteiger partial charge in [-0.05, 0) is 47.4 Å². The molecule has 4 N–H and O–H groups in total. The fourth-order valence-electron chi connectivity index (χ4n) is 3.28. The van der Waals surface area contributed by atoms with Crippen LogP contribution >= 0.6 is 0 Å². The van der Waals surface area contributed by atoms with Crippen LogP contribution in [-0.4, -0.2) is 16.1 Å². The lowest BCUT2D eigenvalue weighted by molar-refractivity contribution is -0.146. The Morgan fingerprint density at radius 3 is 2.06 bits per heavy atom. The normalized spacial score (nSPS) is 13.6. The Kier molecular flexibility index (Phi) is 5.90. The number of aliphatic carboxylic acids is 1. The van der Waals surface area contributed by atoms with Crippen molar-refractivity contribution < 1.29 is 41.0 Å². The van der Waals surface area contributed by atoms with Crippen molar-refractivity contribution in [2.24, 2.45) is 5.73 Å². The topological polar surface area (TPSA) is 88.3 Å². The largest absolute Gasteiger partial charge is 0.480 e. The molecule has 1 unspecified atom stereocenters. The molecule has 0 saturated carbocycles. The number of rotatable bonds is 5. The van der Waals surface area contributed by atoms with E-state index in [-0.39, 0.29) is 23.8 Å². The van der Waals surface area contributed by atoms with E-state index in [2.05, 4.69) is 4.98 Å². The van der Waals surface area contributed by atoms with Crippen LogP contribution in [0.2, 0.25) is 0 Å². The summed E-state index contributed by atoms with van der Waals surface area (Å²) in [7, 11) is 0. The first kappa shape index (κ1) is 23.5. The van der Waals surface area contributed by atoms with E-state index in [0.717, 1.165) is 5.56 Å². The summed E-state index contributed by atoms with van der Waals surface area (Å²) in [5, 5.41) is 9.54. The summed E-state index contributed by atoms with van der Waals surface area (Å²) in [5.41, 5.74) is 2.31. The smallest absolute Gasteiger partial charge is 0.420 e. The van der Waals surface area contributed by atoms with Gasteiger partial charge in [0.25, 0.3) is 0 Å². The van der Waals surface area contributed by atoms with Gasteiger partial charge in [-0.2, -0.15) is 26.3 Å². The molecule has 11 heteroatoms. The van der Waals surface area contributed by atoms with Crippen molar-refractivity contribution in [2.45, 2.75) is 38.2 Å². The minimum atomic E-state index is -5.27. The van der Waals surface area contributed by atoms with E-state index in [4.69, 9.17) is 15.6 Å². The highest BCUT2D eigenvalue weighted by Crippen LogP contribution is 2.47. The second kappa shape index (κ2) is 8.05. The van der Waals surface area contributed by atoms with E-state index in [9.17, 15) is 31.1 Å². The molecule has 2 aromatic carbocycles. The van der Waals surface area contributed by atoms with Crippen LogP contribution in [0.25, 0.3) is 10.9 Å². The van der Waals surface area contributed by atoms with Gasteiger partial charge < -0.3 is 20.6 Å². The van der Waals surface area contributed by atoms with Crippen molar-refractivity contribution in [3.63, 3.8) is 0 Å². The molecule has 3 rings (SSSR count). The average Bonchev–Trinajstić information content (AvgIpc) is 3.09. The van der Waals surface area contributed by atoms with Gasteiger partial charge in [0.05, 0.1) is 11.1 Å². The molecule has 0 aliphatic rings. The number of hydrogen-bond acceptors (Lipinski definition) is 3. The molecule has 32 heavy (non-hydrogen) atoms. The van der Waals surface area contributed by atoms with Crippen LogP contribution in [0.4, 0.5) is 26.3 Å². The van der Waals surface area contributed by atoms with Gasteiger partial charge in [0.1, 0.15) is 11.8 Å². The number of aromatic amines is 1. The Hall–Kier alpha value is -3.21. The highest BCUT2D eigenvalue weighted by Gasteiger charge is 2.43. The number of carbonyl (C=O) groups is 1. The van der Waals surface area contributed by atoms with Gasteiger partial charge in [-0.3, -0.25) is 4.79 Å². The zero-order chi connectivity index (χ0) is 24.0. The predicted molar refractivity (Wildman–Crippen MR) is 103 cm³/mol. The van der Waals surface area contributed by atoms with Gasteiger partial charge in [0.2, 0.25) is 0 Å². The lowest BCUT2D eigenvalue weighted by Crippen LogP contribution is -2.23. The van der Waals surface area contributed by atoms with Crippen LogP contribution in [0.1, 0.15) is 48.1 Å². The lowest BCUT2D eigenvalue weighted by Gasteiger charge is -2.21. The summed E-state index contributed by atoms with van der Waals surface area (Å²) < 4.78 is 87.3. The monoisotopic (exact) mass is 460 g/mol. The van der Waals surface area contributed by atoms with E-state index in [1.807, 2.05) is 13.8 Å². The van der Waals surface area contributed by atoms with Crippen LogP contribution in [0.5, 0.6) is 11.5 Å². The van der Waals surface area contributed by atoms with Crippen molar-refractivity contribution in [3.8, 4) is 11.5 Å². The average molecular weight is 460 g/mol. The number of carboxylic acid groups (broad SMARTS) is 1. The standard InChI is InChI=1S/C21H18F6N2O3/c1-9(2)13-8-29-16-4-3-11(7-12(13)16)32-18-14(20(22,23)24)5-10(17(28)19(30)31)6-15(18)21(25,26)27/h3-9,17,29H,28H2,1-2H3,(H,30,31). The summed E-state index contributed by atoms with van der Waals surface area (Å²) in [4.78, 5) is 14.0. The second-order valence-corrected chi connectivity index (χ2v) is 7.46. The molecule has 0 amide bonds. The van der Waals surface area contributed by atoms with Gasteiger partial charge in [-0.1, -0.05) is 13.8 Å². The molecule has 0 spiro atoms. The summed E-state index contributed by atoms with van der Waals surface area (Å²) in [6.07, 6.45) is -8.85. The molecule has 0 saturated heterocycles. The maximum atomic E-state index is 13.7. The first-order chi connectivity index (χ1) is 14.7. The number of carboxylic acids is 1. The van der Waals surface area contributed by atoms with Gasteiger partial charge >= 0.3 is 18.3 Å². The third-order valence-corrected chi connectivity index (χ3v) is 4.87. The fourth-order valence-corrected chi connectivity index (χ4v) is 3.28. The summed E-state index contributed by atoms with van der Waals surface area (Å²) >= 11 is 0. The number of aromatic nitrogens is 1. The number of halogens is 6. The molecule has 5 nitrogen and oxygen atoms in total. The van der Waals surface area contributed by atoms with Crippen molar-refractivity contribution in [1.82, 2.24) is 4.98 Å². The first-order valence-corrected chi connectivity index (χ1v) is 9.29. The Bertz CT molecular complexity index is 1130. The molecule has 3 aromatic rings. The van der Waals surface area contributed by atoms with Crippen LogP contribution in [0.3, 0.4) is 0 Å². The second-order valence-electron chi connectivity index (χ2n) is 7.46. The first-order valence-electron chi connectivity index (χ1n) is 9.29. The maximum Gasteiger partial charge on any atom is 0.420 e. The van der Waals surface area contributed by atoms with Gasteiger partial charge in [0, 0.05) is 17.1 Å². The number of ether oxygens (including phenoxy) is 1. The Balaban J connectivity index is 2.23. The lowest BCUT2D eigenvalue weighted by atomic mass is 9.98. The molecule has 172 valence electrons. The number of nitrogens with one attached hydrogen (secondary N) is 1. The summed E-state index contributed by atoms with van der Waals surface area (Å²) in [6.45, 7) is 3.76. The van der Waals surface area contributed by atoms with Crippen LogP contribution in [0, 0.1) is 0 Å². The molecular weight excluding hydrogens is 442 g/mol. The SMILES string of the molecule is CC(C)c1c[nH]c2ccc(Oc3c(C(F)(F)F)cc(C(N)C(=O)O)cc3C(F)(F)F)cc12. The molecule has 0 fully saturated rings. The summed E-state index contributed by atoms with van der Waals surface area (Å²) in [6, 6.07) is 2.50. The minimum Gasteiger partial charge on any atom is -0.480 e. The number of hydrogen-bond donors (Lipinski definition) is 3. The maximum absolute atomic E-state index is 13.7. The highest BCUT2D eigenvalue weighted by atomic mass is 19.4. The molecule has 0 bridgehead atoms. The van der Waals surface area contributed by atoms with Crippen LogP contribution < -0.4 is 10.5 Å². The number of alkyl halides is 6. The predicted octanol–water partition coefficient (Wildman–Crippen LogP) is 6.21. The summed E-state index contributed by atoms with van der Waals surface area (Å²) in [5.74, 6) is -3.47. The highest BCUT2D eigenvalue weighted by molar-refractivity contribution is 5.85. The zero-order valence-electron chi connectivity index (χ0n) is 16.7. The molecule has 0 aliphatic heterocycles. The van der Waals surface area contributed by atoms with E-state index >= 15 is 0 Å². The van der Waals surface area contributed by atoms with Crippen molar-refractivity contribution >= 4 is 16.9 Å². The Morgan fingerprint density at radius 1 is 1.03 bits per heavy atom. The molecule has 0 radical (unpaired) electrons. The Labute approximate surface area is 177 Å². The molecule has 0 aliphatic carbocycles. The van der Waals surface area contributed by atoms with Crippen molar-refractivity contribution in [2.75, 3.05) is 0 Å². The molecular formula is C21H18F6N2O3. The minimum absolute atomic E-state index is 0.0345. The zero-order valence-corrected chi connectivity index (χ0v) is 16.7. The van der Waals surface area contributed by atoms with Crippen LogP contribution in [-0.2, 0) is 17.1 Å². The molecule has 1 heterocycles. The quantitative estimate of drug-likeness (QED) is 0.395. The van der Waals surface area contributed by atoms with Crippen molar-refractivity contribution in [1.29, 1.82) is 0 Å². The number of nitrogens with two attached hydrogens (primary N) is 1. The van der Waals surface area contributed by atoms with Crippen molar-refractivity contribution in [3.05, 3.63) is 58.8 Å². The third kappa shape index (κ3) is 4.52. The fraction of sp³-hybridized carbons (Fsp3) is 0.286. The van der Waals surface area contributed by atoms with Gasteiger partial charge in [-0.15, -0.1) is 0 Å². The van der Waals surface area contributed by atoms with Gasteiger partial charge in [0.15, 0.2) is 5.75 Å². The molecule has 1 aromatic heterocycles. The number of fused-ring (bicyclic) bond motifs is 1. The number of H-pyrrole nitrogens is 1. The van der Waals surface area contributed by atoms with E-state index < -0.39 is 46.8 Å².